The number of carbonyl (C=O) groups excluding carboxylic acids is 1. The molecular weight excluding hydrogens is 308 g/mol. The normalized spacial score (nSPS) is 22.7. The van der Waals surface area contributed by atoms with E-state index >= 15 is 0 Å². The molecule has 0 spiro atoms. The van der Waals surface area contributed by atoms with Crippen molar-refractivity contribution >= 4 is 18.2 Å². The SMILES string of the molecule is O=C1O[C@@H](CN2CCOCC2)CN1/N=C\c1ccc([N+](=O)[O-])o1. The minimum atomic E-state index is -0.639. The van der Waals surface area contributed by atoms with Crippen molar-refractivity contribution in [1.29, 1.82) is 0 Å². The van der Waals surface area contributed by atoms with Gasteiger partial charge in [-0.25, -0.2) is 4.79 Å². The third-order valence-electron chi connectivity index (χ3n) is 3.54. The molecule has 0 unspecified atom stereocenters. The largest absolute Gasteiger partial charge is 0.441 e. The second kappa shape index (κ2) is 6.75. The van der Waals surface area contributed by atoms with Crippen LogP contribution in [0.5, 0.6) is 0 Å². The maximum absolute atomic E-state index is 11.8. The van der Waals surface area contributed by atoms with Gasteiger partial charge in [0.25, 0.3) is 0 Å². The highest BCUT2D eigenvalue weighted by Gasteiger charge is 2.32. The molecular formula is C13H16N4O6. The van der Waals surface area contributed by atoms with Crippen LogP contribution in [0.2, 0.25) is 0 Å². The molecule has 0 radical (unpaired) electrons. The maximum atomic E-state index is 11.8. The van der Waals surface area contributed by atoms with Gasteiger partial charge in [-0.15, -0.1) is 0 Å². The Morgan fingerprint density at radius 3 is 2.87 bits per heavy atom. The molecule has 124 valence electrons. The van der Waals surface area contributed by atoms with Crippen molar-refractivity contribution < 1.29 is 23.6 Å². The van der Waals surface area contributed by atoms with Crippen LogP contribution < -0.4 is 0 Å². The van der Waals surface area contributed by atoms with Crippen molar-refractivity contribution in [2.24, 2.45) is 5.10 Å². The fourth-order valence-electron chi connectivity index (χ4n) is 2.41. The van der Waals surface area contributed by atoms with Crippen LogP contribution in [0.25, 0.3) is 0 Å². The quantitative estimate of drug-likeness (QED) is 0.445. The number of rotatable bonds is 5. The van der Waals surface area contributed by atoms with Crippen LogP contribution in [0.4, 0.5) is 10.7 Å². The summed E-state index contributed by atoms with van der Waals surface area (Å²) in [6, 6.07) is 2.64. The molecule has 10 heteroatoms. The van der Waals surface area contributed by atoms with E-state index in [2.05, 4.69) is 10.0 Å². The van der Waals surface area contributed by atoms with Gasteiger partial charge >= 0.3 is 12.0 Å². The van der Waals surface area contributed by atoms with E-state index in [1.54, 1.807) is 0 Å². The minimum absolute atomic E-state index is 0.195. The van der Waals surface area contributed by atoms with Gasteiger partial charge in [0.1, 0.15) is 11.0 Å². The topological polar surface area (TPSA) is 111 Å². The number of hydrogen-bond donors (Lipinski definition) is 0. The molecule has 1 aromatic heterocycles. The Bertz CT molecular complexity index is 609. The van der Waals surface area contributed by atoms with E-state index < -0.39 is 11.0 Å². The van der Waals surface area contributed by atoms with Gasteiger partial charge in [0.05, 0.1) is 32.0 Å². The summed E-state index contributed by atoms with van der Waals surface area (Å²) in [6.07, 6.45) is 0.454. The average Bonchev–Trinajstić information content (AvgIpc) is 3.13. The van der Waals surface area contributed by atoms with Crippen molar-refractivity contribution in [3.63, 3.8) is 0 Å². The van der Waals surface area contributed by atoms with E-state index in [9.17, 15) is 14.9 Å². The number of nitro groups is 1. The Morgan fingerprint density at radius 2 is 2.17 bits per heavy atom. The molecule has 0 N–H and O–H groups in total. The number of morpholine rings is 1. The van der Waals surface area contributed by atoms with Crippen LogP contribution in [-0.4, -0.2) is 72.6 Å². The predicted octanol–water partition coefficient (Wildman–Crippen LogP) is 0.675. The lowest BCUT2D eigenvalue weighted by molar-refractivity contribution is -0.402. The second-order valence-electron chi connectivity index (χ2n) is 5.18. The van der Waals surface area contributed by atoms with E-state index in [-0.39, 0.29) is 17.7 Å². The first-order valence-electron chi connectivity index (χ1n) is 7.18. The van der Waals surface area contributed by atoms with Crippen molar-refractivity contribution in [2.75, 3.05) is 39.4 Å². The van der Waals surface area contributed by atoms with Gasteiger partial charge in [-0.3, -0.25) is 15.0 Å². The first kappa shape index (κ1) is 15.4. The van der Waals surface area contributed by atoms with Gasteiger partial charge in [0.15, 0.2) is 5.76 Å². The van der Waals surface area contributed by atoms with Crippen LogP contribution in [-0.2, 0) is 9.47 Å². The molecule has 0 aliphatic carbocycles. The molecule has 2 aliphatic heterocycles. The lowest BCUT2D eigenvalue weighted by Gasteiger charge is -2.27. The molecule has 0 saturated carbocycles. The molecule has 1 atom stereocenters. The second-order valence-corrected chi connectivity index (χ2v) is 5.18. The fraction of sp³-hybridized carbons (Fsp3) is 0.538. The fourth-order valence-corrected chi connectivity index (χ4v) is 2.41. The van der Waals surface area contributed by atoms with Gasteiger partial charge in [-0.2, -0.15) is 10.1 Å². The summed E-state index contributed by atoms with van der Waals surface area (Å²) in [5, 5.41) is 15.7. The van der Waals surface area contributed by atoms with Crippen LogP contribution in [0.1, 0.15) is 5.76 Å². The number of nitrogens with zero attached hydrogens (tertiary/aromatic N) is 4. The number of hydrogen-bond acceptors (Lipinski definition) is 8. The Morgan fingerprint density at radius 1 is 1.39 bits per heavy atom. The summed E-state index contributed by atoms with van der Waals surface area (Å²) in [6.45, 7) is 3.95. The molecule has 1 amide bonds. The molecule has 10 nitrogen and oxygen atoms in total. The van der Waals surface area contributed by atoms with Gasteiger partial charge in [0.2, 0.25) is 0 Å². The third kappa shape index (κ3) is 3.85. The lowest BCUT2D eigenvalue weighted by Crippen LogP contribution is -2.41. The molecule has 23 heavy (non-hydrogen) atoms. The first-order chi connectivity index (χ1) is 11.1. The zero-order valence-corrected chi connectivity index (χ0v) is 12.3. The Hall–Kier alpha value is -2.46. The highest BCUT2D eigenvalue weighted by atomic mass is 16.6. The van der Waals surface area contributed by atoms with Crippen LogP contribution >= 0.6 is 0 Å². The molecule has 0 bridgehead atoms. The zero-order chi connectivity index (χ0) is 16.2. The molecule has 2 fully saturated rings. The van der Waals surface area contributed by atoms with Crippen molar-refractivity contribution in [1.82, 2.24) is 9.91 Å². The van der Waals surface area contributed by atoms with Crippen molar-refractivity contribution in [3.8, 4) is 0 Å². The lowest BCUT2D eigenvalue weighted by atomic mass is 10.3. The first-order valence-corrected chi connectivity index (χ1v) is 7.18. The molecule has 3 heterocycles. The standard InChI is InChI=1S/C13H16N4O6/c18-13-16(14-7-10-1-2-12(22-10)17(19)20)9-11(23-13)8-15-3-5-21-6-4-15/h1-2,7,11H,3-6,8-9H2/b14-7-/t11-/m0/s1. The molecule has 2 aliphatic rings. The molecule has 0 aromatic carbocycles. The van der Waals surface area contributed by atoms with Crippen molar-refractivity contribution in [3.05, 3.63) is 28.0 Å². The number of carbonyl (C=O) groups is 1. The number of ether oxygens (including phenoxy) is 2. The smallest absolute Gasteiger partial charge is 0.433 e. The molecule has 1 aromatic rings. The van der Waals surface area contributed by atoms with Crippen molar-refractivity contribution in [2.45, 2.75) is 6.10 Å². The van der Waals surface area contributed by atoms with E-state index in [4.69, 9.17) is 13.9 Å². The van der Waals surface area contributed by atoms with Gasteiger partial charge in [-0.05, 0) is 6.07 Å². The van der Waals surface area contributed by atoms with Crippen LogP contribution in [0, 0.1) is 10.1 Å². The number of cyclic esters (lactones) is 1. The minimum Gasteiger partial charge on any atom is -0.441 e. The highest BCUT2D eigenvalue weighted by molar-refractivity contribution is 5.78. The number of hydrazone groups is 1. The third-order valence-corrected chi connectivity index (χ3v) is 3.54. The van der Waals surface area contributed by atoms with Crippen LogP contribution in [0.3, 0.4) is 0 Å². The monoisotopic (exact) mass is 324 g/mol. The Balaban J connectivity index is 1.54. The average molecular weight is 324 g/mol. The summed E-state index contributed by atoms with van der Waals surface area (Å²) in [4.78, 5) is 23.8. The molecule has 2 saturated heterocycles. The summed E-state index contributed by atoms with van der Waals surface area (Å²) < 4.78 is 15.5. The van der Waals surface area contributed by atoms with Gasteiger partial charge in [0, 0.05) is 19.6 Å². The Kier molecular flexibility index (Phi) is 4.53. The number of amides is 1. The highest BCUT2D eigenvalue weighted by Crippen LogP contribution is 2.16. The van der Waals surface area contributed by atoms with E-state index in [0.717, 1.165) is 13.1 Å². The van der Waals surface area contributed by atoms with Gasteiger partial charge in [-0.1, -0.05) is 0 Å². The zero-order valence-electron chi connectivity index (χ0n) is 12.3. The Labute approximate surface area is 131 Å². The van der Waals surface area contributed by atoms with Gasteiger partial charge < -0.3 is 13.9 Å². The predicted molar refractivity (Wildman–Crippen MR) is 77.2 cm³/mol. The van der Waals surface area contributed by atoms with Crippen LogP contribution in [0.15, 0.2) is 21.7 Å². The van der Waals surface area contributed by atoms with E-state index in [1.165, 1.54) is 23.4 Å². The summed E-state index contributed by atoms with van der Waals surface area (Å²) in [5.41, 5.74) is 0. The van der Waals surface area contributed by atoms with E-state index in [1.807, 2.05) is 0 Å². The molecule has 3 rings (SSSR count). The summed E-state index contributed by atoms with van der Waals surface area (Å²) in [5.74, 6) is -0.179. The maximum Gasteiger partial charge on any atom is 0.433 e. The summed E-state index contributed by atoms with van der Waals surface area (Å²) >= 11 is 0. The summed E-state index contributed by atoms with van der Waals surface area (Å²) in [7, 11) is 0. The van der Waals surface area contributed by atoms with E-state index in [0.29, 0.717) is 26.3 Å². The number of furan rings is 1.